The summed E-state index contributed by atoms with van der Waals surface area (Å²) in [5.74, 6) is -5.08. The molecule has 25 heteroatoms. The maximum absolute atomic E-state index is 11.6. The highest BCUT2D eigenvalue weighted by Crippen LogP contribution is 2.37. The number of ether oxygens (including phenoxy) is 7. The summed E-state index contributed by atoms with van der Waals surface area (Å²) >= 11 is 0. The van der Waals surface area contributed by atoms with Gasteiger partial charge in [0.15, 0.2) is 18.9 Å². The standard InChI is InChI=1S/C28H48O25/c29-2-7(34)18-15(41)23(16(42)25(48-18)50-20-6(33)1-28(46,27(44)45)53-21(20)9(36)4-31)52-26-17(43)22(14(40)19(49-26)8(35)3-30)51-24-13(39)12(38)11(37)10(5-32)47-24/h6-26,29-43,46H,1-5H2,(H,44,45)/t6-,7+,8+,9-,10-,11-,12+,13-,14-,15-,16+,17+,18-,19-,20-,21-,22+,23+,24-,25-,26-,28-/m1/s1. The molecule has 0 aliphatic carbocycles. The van der Waals surface area contributed by atoms with Crippen LogP contribution in [0.4, 0.5) is 0 Å². The first kappa shape index (κ1) is 44.3. The van der Waals surface area contributed by atoms with Gasteiger partial charge in [0.2, 0.25) is 0 Å². The van der Waals surface area contributed by atoms with Crippen LogP contribution in [0.5, 0.6) is 0 Å². The van der Waals surface area contributed by atoms with E-state index in [4.69, 9.17) is 33.2 Å². The van der Waals surface area contributed by atoms with E-state index in [1.165, 1.54) is 0 Å². The molecule has 0 radical (unpaired) electrons. The zero-order valence-corrected chi connectivity index (χ0v) is 27.5. The molecule has 0 aromatic rings. The number of carbonyl (C=O) groups is 1. The fourth-order valence-electron chi connectivity index (χ4n) is 6.42. The second-order valence-corrected chi connectivity index (χ2v) is 13.1. The van der Waals surface area contributed by atoms with Gasteiger partial charge >= 0.3 is 5.97 Å². The minimum absolute atomic E-state index is 0.894. The third kappa shape index (κ3) is 9.08. The van der Waals surface area contributed by atoms with Crippen molar-refractivity contribution < 1.29 is 125 Å². The first-order chi connectivity index (χ1) is 24.8. The Bertz CT molecular complexity index is 1170. The van der Waals surface area contributed by atoms with Crippen molar-refractivity contribution in [3.05, 3.63) is 0 Å². The van der Waals surface area contributed by atoms with Crippen molar-refractivity contribution in [3.8, 4) is 0 Å². The molecule has 4 aliphatic heterocycles. The first-order valence-corrected chi connectivity index (χ1v) is 16.3. The predicted octanol–water partition coefficient (Wildman–Crippen LogP) is -11.2. The Kier molecular flexibility index (Phi) is 15.2. The highest BCUT2D eigenvalue weighted by atomic mass is 16.8. The van der Waals surface area contributed by atoms with Gasteiger partial charge in [-0.25, -0.2) is 4.79 Å². The molecule has 0 unspecified atom stereocenters. The number of aliphatic carboxylic acids is 1. The van der Waals surface area contributed by atoms with Crippen molar-refractivity contribution in [3.63, 3.8) is 0 Å². The average Bonchev–Trinajstić information content (AvgIpc) is 3.13. The molecule has 4 aliphatic rings. The maximum Gasteiger partial charge on any atom is 0.364 e. The van der Waals surface area contributed by atoms with Gasteiger partial charge < -0.3 is 120 Å². The van der Waals surface area contributed by atoms with E-state index in [-0.39, 0.29) is 0 Å². The Morgan fingerprint density at radius 2 is 1.00 bits per heavy atom. The number of carboxylic acid groups (broad SMARTS) is 1. The van der Waals surface area contributed by atoms with Crippen LogP contribution in [0, 0.1) is 0 Å². The van der Waals surface area contributed by atoms with Crippen LogP contribution in [0.25, 0.3) is 0 Å². The normalized spacial score (nSPS) is 48.5. The molecule has 0 spiro atoms. The second kappa shape index (κ2) is 18.2. The van der Waals surface area contributed by atoms with Crippen LogP contribution in [0.3, 0.4) is 0 Å². The molecule has 4 heterocycles. The van der Waals surface area contributed by atoms with E-state index >= 15 is 0 Å². The molecule has 0 amide bonds. The first-order valence-electron chi connectivity index (χ1n) is 16.3. The Morgan fingerprint density at radius 1 is 0.585 bits per heavy atom. The van der Waals surface area contributed by atoms with E-state index in [9.17, 15) is 91.6 Å². The van der Waals surface area contributed by atoms with Crippen molar-refractivity contribution >= 4 is 5.97 Å². The van der Waals surface area contributed by atoms with Gasteiger partial charge in [-0.3, -0.25) is 0 Å². The molecule has 0 aromatic heterocycles. The Morgan fingerprint density at radius 3 is 1.42 bits per heavy atom. The van der Waals surface area contributed by atoms with E-state index in [2.05, 4.69) is 0 Å². The fourth-order valence-corrected chi connectivity index (χ4v) is 6.42. The van der Waals surface area contributed by atoms with E-state index in [1.807, 2.05) is 0 Å². The minimum Gasteiger partial charge on any atom is -0.477 e. The summed E-state index contributed by atoms with van der Waals surface area (Å²) in [6, 6.07) is 0. The van der Waals surface area contributed by atoms with E-state index in [1.54, 1.807) is 0 Å². The number of rotatable bonds is 14. The summed E-state index contributed by atoms with van der Waals surface area (Å²) in [5.41, 5.74) is 0. The number of hydrogen-bond donors (Lipinski definition) is 17. The predicted molar refractivity (Wildman–Crippen MR) is 157 cm³/mol. The van der Waals surface area contributed by atoms with Crippen molar-refractivity contribution in [1.29, 1.82) is 0 Å². The fraction of sp³-hybridized carbons (Fsp3) is 0.964. The van der Waals surface area contributed by atoms with Gasteiger partial charge in [-0.1, -0.05) is 0 Å². The Hall–Kier alpha value is -1.45. The van der Waals surface area contributed by atoms with Gasteiger partial charge in [0.1, 0.15) is 104 Å². The van der Waals surface area contributed by atoms with Crippen LogP contribution in [-0.2, 0) is 38.0 Å². The number of carboxylic acids is 1. The van der Waals surface area contributed by atoms with E-state index < -0.39 is 173 Å². The number of hydrogen-bond acceptors (Lipinski definition) is 24. The molecule has 4 fully saturated rings. The molecule has 310 valence electrons. The van der Waals surface area contributed by atoms with Crippen LogP contribution in [0.15, 0.2) is 0 Å². The Labute approximate surface area is 298 Å². The second-order valence-electron chi connectivity index (χ2n) is 13.1. The summed E-state index contributed by atoms with van der Waals surface area (Å²) in [5, 5.41) is 175. The van der Waals surface area contributed by atoms with Gasteiger partial charge in [-0.05, 0) is 0 Å². The molecule has 4 saturated heterocycles. The van der Waals surface area contributed by atoms with Crippen LogP contribution in [0.1, 0.15) is 6.42 Å². The largest absolute Gasteiger partial charge is 0.477 e. The quantitative estimate of drug-likeness (QED) is 0.0777. The molecule has 0 saturated carbocycles. The number of aliphatic hydroxyl groups is 16. The van der Waals surface area contributed by atoms with Gasteiger partial charge in [0, 0.05) is 6.42 Å². The van der Waals surface area contributed by atoms with Crippen LogP contribution in [0.2, 0.25) is 0 Å². The summed E-state index contributed by atoms with van der Waals surface area (Å²) in [7, 11) is 0. The van der Waals surface area contributed by atoms with Gasteiger partial charge in [-0.15, -0.1) is 0 Å². The van der Waals surface area contributed by atoms with Crippen LogP contribution in [-0.4, -0.2) is 254 Å². The smallest absolute Gasteiger partial charge is 0.364 e. The topological polar surface area (TPSA) is 426 Å². The SMILES string of the molecule is O=C(O)[C@@]1(O)C[C@@H](O)[C@@H](O[C@H]2O[C@H]([C@@H](O)CO)[C@@H](O)[C@H](O[C@H]3O[C@H]([C@@H](O)CO)[C@@H](O)[C@H](O[C@H]4O[C@H](CO)[C@@H](O)[C@H](O)[C@H]4O)[C@@H]3O)[C@@H]2O)[C@@H]([C@H](O)CO)O1. The van der Waals surface area contributed by atoms with E-state index in [0.29, 0.717) is 0 Å². The zero-order valence-electron chi connectivity index (χ0n) is 27.5. The lowest BCUT2D eigenvalue weighted by Crippen LogP contribution is -2.69. The summed E-state index contributed by atoms with van der Waals surface area (Å²) in [6.45, 7) is -4.20. The van der Waals surface area contributed by atoms with E-state index in [0.717, 1.165) is 0 Å². The third-order valence-electron chi connectivity index (χ3n) is 9.44. The minimum atomic E-state index is -3.09. The maximum atomic E-state index is 11.6. The van der Waals surface area contributed by atoms with Gasteiger partial charge in [-0.2, -0.15) is 0 Å². The molecule has 4 rings (SSSR count). The lowest BCUT2D eigenvalue weighted by molar-refractivity contribution is -0.395. The molecule has 0 aromatic carbocycles. The molecule has 53 heavy (non-hydrogen) atoms. The molecular formula is C28H48O25. The average molecular weight is 785 g/mol. The highest BCUT2D eigenvalue weighted by molar-refractivity contribution is 5.75. The van der Waals surface area contributed by atoms with Crippen molar-refractivity contribution in [2.75, 3.05) is 26.4 Å². The molecule has 0 bridgehead atoms. The highest BCUT2D eigenvalue weighted by Gasteiger charge is 2.58. The van der Waals surface area contributed by atoms with Crippen molar-refractivity contribution in [2.24, 2.45) is 0 Å². The molecule has 22 atom stereocenters. The molecular weight excluding hydrogens is 736 g/mol. The molecule has 17 N–H and O–H groups in total. The van der Waals surface area contributed by atoms with Gasteiger partial charge in [0.05, 0.1) is 32.5 Å². The van der Waals surface area contributed by atoms with Crippen LogP contribution >= 0.6 is 0 Å². The summed E-state index contributed by atoms with van der Waals surface area (Å²) in [4.78, 5) is 11.6. The van der Waals surface area contributed by atoms with Crippen molar-refractivity contribution in [2.45, 2.75) is 141 Å². The van der Waals surface area contributed by atoms with Crippen molar-refractivity contribution in [1.82, 2.24) is 0 Å². The van der Waals surface area contributed by atoms with Crippen LogP contribution < -0.4 is 0 Å². The molecule has 25 nitrogen and oxygen atoms in total. The summed E-state index contributed by atoms with van der Waals surface area (Å²) < 4.78 is 37.9. The summed E-state index contributed by atoms with van der Waals surface area (Å²) in [6.07, 6.45) is -43.8. The lowest BCUT2D eigenvalue weighted by atomic mass is 9.91. The Balaban J connectivity index is 1.63. The van der Waals surface area contributed by atoms with Gasteiger partial charge in [0.25, 0.3) is 5.79 Å². The lowest BCUT2D eigenvalue weighted by Gasteiger charge is -2.50. The monoisotopic (exact) mass is 784 g/mol. The third-order valence-corrected chi connectivity index (χ3v) is 9.44. The number of aliphatic hydroxyl groups excluding tert-OH is 15. The zero-order chi connectivity index (χ0) is 39.7.